The van der Waals surface area contributed by atoms with E-state index < -0.39 is 5.97 Å². The van der Waals surface area contributed by atoms with E-state index in [2.05, 4.69) is 25.9 Å². The minimum absolute atomic E-state index is 0.156. The van der Waals surface area contributed by atoms with Gasteiger partial charge in [0.25, 0.3) is 0 Å². The van der Waals surface area contributed by atoms with Crippen molar-refractivity contribution in [2.45, 2.75) is 33.1 Å². The Kier molecular flexibility index (Phi) is 5.26. The first-order valence-corrected chi connectivity index (χ1v) is 8.95. The van der Waals surface area contributed by atoms with Gasteiger partial charge in [-0.05, 0) is 30.7 Å². The SMILES string of the molecule is Cc1ccc(-n2nc(C(C)(C)C)cc2OC(=O)/C=C/c2ccccc2)cc1. The van der Waals surface area contributed by atoms with Crippen LogP contribution < -0.4 is 4.74 Å². The lowest BCUT2D eigenvalue weighted by Gasteiger charge is -2.13. The average molecular weight is 360 g/mol. The molecular formula is C23H24N2O2. The number of aryl methyl sites for hydroxylation is 1. The molecule has 4 nitrogen and oxygen atoms in total. The monoisotopic (exact) mass is 360 g/mol. The molecule has 0 unspecified atom stereocenters. The van der Waals surface area contributed by atoms with Gasteiger partial charge in [-0.15, -0.1) is 0 Å². The van der Waals surface area contributed by atoms with Crippen molar-refractivity contribution in [1.29, 1.82) is 0 Å². The van der Waals surface area contributed by atoms with E-state index in [4.69, 9.17) is 4.74 Å². The summed E-state index contributed by atoms with van der Waals surface area (Å²) in [6, 6.07) is 19.4. The van der Waals surface area contributed by atoms with Crippen LogP contribution in [0.1, 0.15) is 37.6 Å². The summed E-state index contributed by atoms with van der Waals surface area (Å²) < 4.78 is 7.28. The molecule has 0 saturated heterocycles. The predicted octanol–water partition coefficient (Wildman–Crippen LogP) is 5.10. The van der Waals surface area contributed by atoms with Crippen LogP contribution in [0.15, 0.2) is 66.7 Å². The van der Waals surface area contributed by atoms with Crippen LogP contribution in [0.2, 0.25) is 0 Å². The van der Waals surface area contributed by atoms with Gasteiger partial charge in [0.1, 0.15) is 0 Å². The summed E-state index contributed by atoms with van der Waals surface area (Å²) in [5.41, 5.74) is 3.66. The van der Waals surface area contributed by atoms with Crippen molar-refractivity contribution >= 4 is 12.0 Å². The Bertz CT molecular complexity index is 946. The summed E-state index contributed by atoms with van der Waals surface area (Å²) in [6.45, 7) is 8.27. The molecule has 3 aromatic rings. The van der Waals surface area contributed by atoms with Gasteiger partial charge < -0.3 is 4.74 Å². The fraction of sp³-hybridized carbons (Fsp3) is 0.217. The Labute approximate surface area is 160 Å². The summed E-state index contributed by atoms with van der Waals surface area (Å²) in [7, 11) is 0. The van der Waals surface area contributed by atoms with Gasteiger partial charge >= 0.3 is 5.97 Å². The number of nitrogens with zero attached hydrogens (tertiary/aromatic N) is 2. The summed E-state index contributed by atoms with van der Waals surface area (Å²) in [4.78, 5) is 12.3. The Balaban J connectivity index is 1.89. The third-order valence-corrected chi connectivity index (χ3v) is 4.14. The highest BCUT2D eigenvalue weighted by atomic mass is 16.5. The number of carbonyl (C=O) groups excluding carboxylic acids is 1. The van der Waals surface area contributed by atoms with E-state index in [1.807, 2.05) is 67.6 Å². The molecule has 0 fully saturated rings. The van der Waals surface area contributed by atoms with Crippen molar-refractivity contribution in [1.82, 2.24) is 9.78 Å². The molecule has 2 aromatic carbocycles. The lowest BCUT2D eigenvalue weighted by molar-refractivity contribution is -0.129. The van der Waals surface area contributed by atoms with Gasteiger partial charge in [-0.3, -0.25) is 0 Å². The number of carbonyl (C=O) groups is 1. The highest BCUT2D eigenvalue weighted by Gasteiger charge is 2.22. The number of hydrogen-bond acceptors (Lipinski definition) is 3. The summed E-state index contributed by atoms with van der Waals surface area (Å²) in [6.07, 6.45) is 3.16. The first-order valence-electron chi connectivity index (χ1n) is 8.95. The maximum atomic E-state index is 12.3. The molecule has 4 heteroatoms. The van der Waals surface area contributed by atoms with E-state index in [0.29, 0.717) is 5.88 Å². The molecule has 0 amide bonds. The molecule has 3 rings (SSSR count). The zero-order chi connectivity index (χ0) is 19.4. The molecule has 0 radical (unpaired) electrons. The van der Waals surface area contributed by atoms with E-state index in [9.17, 15) is 4.79 Å². The molecule has 0 N–H and O–H groups in total. The molecule has 0 atom stereocenters. The van der Waals surface area contributed by atoms with Crippen molar-refractivity contribution in [2.75, 3.05) is 0 Å². The van der Waals surface area contributed by atoms with Crippen LogP contribution in [0, 0.1) is 6.92 Å². The molecule has 0 bridgehead atoms. The summed E-state index contributed by atoms with van der Waals surface area (Å²) in [5, 5.41) is 4.67. The number of aromatic nitrogens is 2. The van der Waals surface area contributed by atoms with Crippen molar-refractivity contribution in [2.24, 2.45) is 0 Å². The predicted molar refractivity (Wildman–Crippen MR) is 108 cm³/mol. The first-order chi connectivity index (χ1) is 12.8. The fourth-order valence-corrected chi connectivity index (χ4v) is 2.54. The molecule has 1 heterocycles. The molecule has 0 saturated carbocycles. The van der Waals surface area contributed by atoms with Crippen LogP contribution in [0.3, 0.4) is 0 Å². The lowest BCUT2D eigenvalue weighted by Crippen LogP contribution is -2.12. The largest absolute Gasteiger partial charge is 0.404 e. The Morgan fingerprint density at radius 3 is 2.33 bits per heavy atom. The highest BCUT2D eigenvalue weighted by Crippen LogP contribution is 2.28. The van der Waals surface area contributed by atoms with E-state index in [1.165, 1.54) is 6.08 Å². The minimum atomic E-state index is -0.437. The van der Waals surface area contributed by atoms with Crippen LogP contribution >= 0.6 is 0 Å². The van der Waals surface area contributed by atoms with E-state index in [1.54, 1.807) is 10.8 Å². The quantitative estimate of drug-likeness (QED) is 0.480. The van der Waals surface area contributed by atoms with Gasteiger partial charge in [0.15, 0.2) is 0 Å². The van der Waals surface area contributed by atoms with E-state index in [-0.39, 0.29) is 5.41 Å². The van der Waals surface area contributed by atoms with Gasteiger partial charge in [0.05, 0.1) is 11.4 Å². The highest BCUT2D eigenvalue weighted by molar-refractivity contribution is 5.88. The summed E-state index contributed by atoms with van der Waals surface area (Å²) in [5.74, 6) is -0.0286. The zero-order valence-electron chi connectivity index (χ0n) is 16.1. The zero-order valence-corrected chi connectivity index (χ0v) is 16.1. The van der Waals surface area contributed by atoms with Crippen molar-refractivity contribution in [3.8, 4) is 11.6 Å². The second-order valence-corrected chi connectivity index (χ2v) is 7.53. The average Bonchev–Trinajstić information content (AvgIpc) is 3.06. The molecular weight excluding hydrogens is 336 g/mol. The maximum absolute atomic E-state index is 12.3. The van der Waals surface area contributed by atoms with Gasteiger partial charge in [0.2, 0.25) is 5.88 Å². The fourth-order valence-electron chi connectivity index (χ4n) is 2.54. The standard InChI is InChI=1S/C23H24N2O2/c1-17-10-13-19(14-11-17)25-21(16-20(24-25)23(2,3)4)27-22(26)15-12-18-8-6-5-7-9-18/h5-16H,1-4H3/b15-12+. The van der Waals surface area contributed by atoms with Crippen LogP contribution in [-0.2, 0) is 10.2 Å². The second-order valence-electron chi connectivity index (χ2n) is 7.53. The second kappa shape index (κ2) is 7.62. The smallest absolute Gasteiger partial charge is 0.337 e. The maximum Gasteiger partial charge on any atom is 0.337 e. The van der Waals surface area contributed by atoms with Gasteiger partial charge in [-0.1, -0.05) is 68.8 Å². The van der Waals surface area contributed by atoms with Gasteiger partial charge in [-0.2, -0.15) is 5.10 Å². The molecule has 0 aliphatic heterocycles. The van der Waals surface area contributed by atoms with Crippen LogP contribution in [-0.4, -0.2) is 15.7 Å². The van der Waals surface area contributed by atoms with Crippen molar-refractivity contribution in [3.05, 3.63) is 83.6 Å². The van der Waals surface area contributed by atoms with Crippen LogP contribution in [0.5, 0.6) is 5.88 Å². The third-order valence-electron chi connectivity index (χ3n) is 4.14. The van der Waals surface area contributed by atoms with Crippen molar-refractivity contribution < 1.29 is 9.53 Å². The topological polar surface area (TPSA) is 44.1 Å². The normalized spacial score (nSPS) is 11.7. The Morgan fingerprint density at radius 1 is 1.04 bits per heavy atom. The molecule has 138 valence electrons. The molecule has 27 heavy (non-hydrogen) atoms. The van der Waals surface area contributed by atoms with Gasteiger partial charge in [0, 0.05) is 17.6 Å². The van der Waals surface area contributed by atoms with Crippen molar-refractivity contribution in [3.63, 3.8) is 0 Å². The van der Waals surface area contributed by atoms with E-state index >= 15 is 0 Å². The number of ether oxygens (including phenoxy) is 1. The van der Waals surface area contributed by atoms with Gasteiger partial charge in [-0.25, -0.2) is 9.48 Å². The van der Waals surface area contributed by atoms with Crippen LogP contribution in [0.25, 0.3) is 11.8 Å². The number of rotatable bonds is 4. The molecule has 1 aromatic heterocycles. The molecule has 0 spiro atoms. The first kappa shape index (κ1) is 18.6. The summed E-state index contributed by atoms with van der Waals surface area (Å²) >= 11 is 0. The number of benzene rings is 2. The van der Waals surface area contributed by atoms with E-state index in [0.717, 1.165) is 22.5 Å². The lowest BCUT2D eigenvalue weighted by atomic mass is 9.93. The Hall–Kier alpha value is -3.14. The Morgan fingerprint density at radius 2 is 1.70 bits per heavy atom. The minimum Gasteiger partial charge on any atom is -0.404 e. The number of esters is 1. The third kappa shape index (κ3) is 4.73. The molecule has 0 aliphatic rings. The number of hydrogen-bond donors (Lipinski definition) is 0. The van der Waals surface area contributed by atoms with Crippen LogP contribution in [0.4, 0.5) is 0 Å². The molecule has 0 aliphatic carbocycles.